The number of benzene rings is 1. The zero-order valence-corrected chi connectivity index (χ0v) is 11.1. The lowest BCUT2D eigenvalue weighted by atomic mass is 10.3. The minimum absolute atomic E-state index is 0.468. The third-order valence-corrected chi connectivity index (χ3v) is 2.37. The fraction of sp³-hybridized carbons (Fsp3) is 0. The van der Waals surface area contributed by atoms with Crippen molar-refractivity contribution in [3.05, 3.63) is 67.1 Å². The van der Waals surface area contributed by atoms with Gasteiger partial charge in [0.2, 0.25) is 0 Å². The molecule has 0 fully saturated rings. The van der Waals surface area contributed by atoms with Crippen LogP contribution in [0.15, 0.2) is 67.1 Å². The van der Waals surface area contributed by atoms with Gasteiger partial charge in [-0.2, -0.15) is 0 Å². The zero-order valence-electron chi connectivity index (χ0n) is 11.1. The molecule has 0 radical (unpaired) electrons. The summed E-state index contributed by atoms with van der Waals surface area (Å²) in [6.45, 7) is 0. The second-order valence-electron chi connectivity index (χ2n) is 3.89. The summed E-state index contributed by atoms with van der Waals surface area (Å²) in [5.41, 5.74) is 5.64. The Hall–Kier alpha value is -3.15. The number of carbonyl (C=O) groups excluding carboxylic acids is 1. The topological polar surface area (TPSA) is 93.9 Å². The van der Waals surface area contributed by atoms with Gasteiger partial charge in [-0.3, -0.25) is 4.98 Å². The van der Waals surface area contributed by atoms with Gasteiger partial charge >= 0.3 is 6.09 Å². The van der Waals surface area contributed by atoms with Crippen molar-refractivity contribution in [1.82, 2.24) is 15.0 Å². The van der Waals surface area contributed by atoms with Gasteiger partial charge in [-0.1, -0.05) is 24.3 Å². The van der Waals surface area contributed by atoms with Gasteiger partial charge in [-0.25, -0.2) is 9.78 Å². The van der Waals surface area contributed by atoms with Gasteiger partial charge in [0.05, 0.1) is 0 Å². The molecule has 0 aliphatic heterocycles. The first-order valence-corrected chi connectivity index (χ1v) is 6.19. The van der Waals surface area contributed by atoms with Crippen LogP contribution < -0.4 is 10.5 Å². The van der Waals surface area contributed by atoms with Crippen LogP contribution in [0.1, 0.15) is 0 Å². The molecule has 0 saturated heterocycles. The highest BCUT2D eigenvalue weighted by atomic mass is 16.5. The number of aromatic nitrogens is 3. The largest absolute Gasteiger partial charge is 0.411 e. The number of aromatic amines is 1. The molecule has 0 unspecified atom stereocenters. The number of amides is 1. The summed E-state index contributed by atoms with van der Waals surface area (Å²) < 4.78 is 4.55. The molecule has 3 aromatic rings. The van der Waals surface area contributed by atoms with Crippen LogP contribution in [0.5, 0.6) is 5.75 Å². The van der Waals surface area contributed by atoms with E-state index in [0.717, 1.165) is 11.5 Å². The Morgan fingerprint density at radius 3 is 2.33 bits per heavy atom. The number of nitrogens with two attached hydrogens (primary N) is 1. The predicted octanol–water partition coefficient (Wildman–Crippen LogP) is 2.62. The first kappa shape index (κ1) is 14.3. The molecule has 3 N–H and O–H groups in total. The zero-order chi connectivity index (χ0) is 14.9. The maximum Gasteiger partial charge on any atom is 0.409 e. The van der Waals surface area contributed by atoms with Gasteiger partial charge in [-0.15, -0.1) is 0 Å². The van der Waals surface area contributed by atoms with Crippen LogP contribution in [0, 0.1) is 0 Å². The van der Waals surface area contributed by atoms with E-state index in [0.29, 0.717) is 5.75 Å². The third-order valence-electron chi connectivity index (χ3n) is 2.37. The molecule has 1 amide bonds. The summed E-state index contributed by atoms with van der Waals surface area (Å²) in [6.07, 6.45) is 4.46. The number of primary amides is 1. The van der Waals surface area contributed by atoms with Crippen molar-refractivity contribution >= 4 is 6.09 Å². The van der Waals surface area contributed by atoms with E-state index in [9.17, 15) is 4.79 Å². The minimum atomic E-state index is -0.786. The monoisotopic (exact) mass is 282 g/mol. The second-order valence-corrected chi connectivity index (χ2v) is 3.89. The molecule has 106 valence electrons. The molecule has 6 nitrogen and oxygen atoms in total. The third kappa shape index (κ3) is 4.79. The molecule has 0 aliphatic carbocycles. The number of H-pyrrole nitrogens is 1. The number of para-hydroxylation sites is 1. The Labute approximate surface area is 121 Å². The van der Waals surface area contributed by atoms with Crippen LogP contribution in [0.4, 0.5) is 4.79 Å². The van der Waals surface area contributed by atoms with E-state index in [-0.39, 0.29) is 0 Å². The number of carbonyl (C=O) groups is 1. The molecule has 3 rings (SSSR count). The quantitative estimate of drug-likeness (QED) is 0.755. The van der Waals surface area contributed by atoms with E-state index in [2.05, 4.69) is 19.7 Å². The van der Waals surface area contributed by atoms with Gasteiger partial charge in [-0.05, 0) is 24.3 Å². The number of nitrogens with one attached hydrogen (secondary N) is 1. The highest BCUT2D eigenvalue weighted by Gasteiger charge is 1.97. The summed E-state index contributed by atoms with van der Waals surface area (Å²) in [5.74, 6) is 1.28. The molecule has 2 heterocycles. The van der Waals surface area contributed by atoms with Crippen LogP contribution in [-0.4, -0.2) is 21.0 Å². The maximum absolute atomic E-state index is 10.2. The lowest BCUT2D eigenvalue weighted by Gasteiger charge is -1.96. The summed E-state index contributed by atoms with van der Waals surface area (Å²) >= 11 is 0. The van der Waals surface area contributed by atoms with E-state index in [1.54, 1.807) is 42.9 Å². The summed E-state index contributed by atoms with van der Waals surface area (Å²) in [5, 5.41) is 0. The average Bonchev–Trinajstić information content (AvgIpc) is 3.03. The Bertz CT molecular complexity index is 655. The Balaban J connectivity index is 0.000000155. The van der Waals surface area contributed by atoms with E-state index in [4.69, 9.17) is 5.73 Å². The standard InChI is InChI=1S/C8H7N3.C7H7NO2/c1-2-4-9-7(3-1)8-10-5-6-11-8;8-7(9)10-6-4-2-1-3-5-6/h1-6H,(H,10,11);1-5H,(H2,8,9). The molecular formula is C15H14N4O2. The fourth-order valence-corrected chi connectivity index (χ4v) is 1.51. The number of imidazole rings is 1. The predicted molar refractivity (Wildman–Crippen MR) is 78.5 cm³/mol. The minimum Gasteiger partial charge on any atom is -0.411 e. The number of pyridine rings is 1. The van der Waals surface area contributed by atoms with Gasteiger partial charge in [0, 0.05) is 18.6 Å². The first-order valence-electron chi connectivity index (χ1n) is 6.19. The molecule has 1 aromatic carbocycles. The van der Waals surface area contributed by atoms with Gasteiger partial charge in [0.1, 0.15) is 11.4 Å². The van der Waals surface area contributed by atoms with Crippen molar-refractivity contribution in [1.29, 1.82) is 0 Å². The molecule has 0 saturated carbocycles. The molecule has 0 spiro atoms. The highest BCUT2D eigenvalue weighted by molar-refractivity contribution is 5.67. The molecule has 0 aliphatic rings. The number of hydrogen-bond donors (Lipinski definition) is 2. The molecule has 0 bridgehead atoms. The average molecular weight is 282 g/mol. The molecule has 6 heteroatoms. The lowest BCUT2D eigenvalue weighted by Crippen LogP contribution is -2.15. The van der Waals surface area contributed by atoms with Crippen LogP contribution in [-0.2, 0) is 0 Å². The molecule has 2 aromatic heterocycles. The van der Waals surface area contributed by atoms with Crippen molar-refractivity contribution in [2.24, 2.45) is 5.73 Å². The van der Waals surface area contributed by atoms with E-state index < -0.39 is 6.09 Å². The van der Waals surface area contributed by atoms with Crippen molar-refractivity contribution < 1.29 is 9.53 Å². The summed E-state index contributed by atoms with van der Waals surface area (Å²) in [6, 6.07) is 14.4. The Morgan fingerprint density at radius 2 is 1.76 bits per heavy atom. The van der Waals surface area contributed by atoms with Crippen LogP contribution >= 0.6 is 0 Å². The summed E-state index contributed by atoms with van der Waals surface area (Å²) in [7, 11) is 0. The maximum atomic E-state index is 10.2. The number of nitrogens with zero attached hydrogens (tertiary/aromatic N) is 2. The van der Waals surface area contributed by atoms with Crippen molar-refractivity contribution in [3.63, 3.8) is 0 Å². The van der Waals surface area contributed by atoms with Crippen LogP contribution in [0.25, 0.3) is 11.5 Å². The SMILES string of the molecule is NC(=O)Oc1ccccc1.c1ccc(-c2ncc[nH]2)nc1. The van der Waals surface area contributed by atoms with Gasteiger partial charge < -0.3 is 15.5 Å². The fourth-order valence-electron chi connectivity index (χ4n) is 1.51. The van der Waals surface area contributed by atoms with E-state index in [1.165, 1.54) is 0 Å². The first-order chi connectivity index (χ1) is 10.3. The smallest absolute Gasteiger partial charge is 0.409 e. The Morgan fingerprint density at radius 1 is 1.00 bits per heavy atom. The molecule has 21 heavy (non-hydrogen) atoms. The van der Waals surface area contributed by atoms with E-state index >= 15 is 0 Å². The van der Waals surface area contributed by atoms with Crippen LogP contribution in [0.3, 0.4) is 0 Å². The van der Waals surface area contributed by atoms with Crippen molar-refractivity contribution in [2.45, 2.75) is 0 Å². The summed E-state index contributed by atoms with van der Waals surface area (Å²) in [4.78, 5) is 21.3. The van der Waals surface area contributed by atoms with Crippen LogP contribution in [0.2, 0.25) is 0 Å². The Kier molecular flexibility index (Phi) is 5.05. The van der Waals surface area contributed by atoms with Crippen molar-refractivity contribution in [2.75, 3.05) is 0 Å². The second kappa shape index (κ2) is 7.44. The molecule has 0 atom stereocenters. The number of ether oxygens (including phenoxy) is 1. The highest BCUT2D eigenvalue weighted by Crippen LogP contribution is 2.08. The van der Waals surface area contributed by atoms with E-state index in [1.807, 2.05) is 24.3 Å². The normalized spacial score (nSPS) is 9.33. The van der Waals surface area contributed by atoms with Crippen molar-refractivity contribution in [3.8, 4) is 17.3 Å². The van der Waals surface area contributed by atoms with Gasteiger partial charge in [0.15, 0.2) is 5.82 Å². The number of rotatable bonds is 2. The number of hydrogen-bond acceptors (Lipinski definition) is 4. The van der Waals surface area contributed by atoms with Gasteiger partial charge in [0.25, 0.3) is 0 Å². The lowest BCUT2D eigenvalue weighted by molar-refractivity contribution is 0.211. The molecular weight excluding hydrogens is 268 g/mol.